The summed E-state index contributed by atoms with van der Waals surface area (Å²) in [4.78, 5) is 0. The first-order chi connectivity index (χ1) is 10.6. The molecule has 0 saturated heterocycles. The van der Waals surface area contributed by atoms with E-state index in [0.29, 0.717) is 6.54 Å². The van der Waals surface area contributed by atoms with Gasteiger partial charge in [-0.3, -0.25) is 4.68 Å². The Morgan fingerprint density at radius 2 is 1.77 bits per heavy atom. The third-order valence-electron chi connectivity index (χ3n) is 3.44. The van der Waals surface area contributed by atoms with Gasteiger partial charge in [-0.25, -0.2) is 0 Å². The van der Waals surface area contributed by atoms with Gasteiger partial charge in [-0.2, -0.15) is 5.10 Å². The first-order valence-corrected chi connectivity index (χ1v) is 7.66. The predicted octanol–water partition coefficient (Wildman–Crippen LogP) is 5.01. The molecule has 1 heterocycles. The van der Waals surface area contributed by atoms with Crippen LogP contribution in [0.2, 0.25) is 10.0 Å². The van der Waals surface area contributed by atoms with E-state index in [1.165, 1.54) is 0 Å². The molecule has 5 heteroatoms. The third kappa shape index (κ3) is 3.26. The number of aromatic nitrogens is 2. The van der Waals surface area contributed by atoms with Crippen LogP contribution >= 0.6 is 23.2 Å². The Hall–Kier alpha value is -1.97. The normalized spacial score (nSPS) is 10.7. The zero-order valence-electron chi connectivity index (χ0n) is 12.1. The van der Waals surface area contributed by atoms with Gasteiger partial charge in [0.05, 0.1) is 5.69 Å². The average molecular weight is 332 g/mol. The van der Waals surface area contributed by atoms with Crippen LogP contribution in [0, 0.1) is 0 Å². The highest BCUT2D eigenvalue weighted by Crippen LogP contribution is 2.24. The quantitative estimate of drug-likeness (QED) is 0.728. The number of rotatable bonds is 4. The maximum Gasteiger partial charge on any atom is 0.124 e. The fourth-order valence-corrected chi connectivity index (χ4v) is 2.55. The molecule has 0 saturated carbocycles. The zero-order chi connectivity index (χ0) is 15.5. The van der Waals surface area contributed by atoms with Crippen LogP contribution in [0.3, 0.4) is 0 Å². The summed E-state index contributed by atoms with van der Waals surface area (Å²) in [6.45, 7) is 0.652. The molecule has 0 amide bonds. The number of nitrogens with zero attached hydrogens (tertiary/aromatic N) is 2. The van der Waals surface area contributed by atoms with E-state index in [-0.39, 0.29) is 0 Å². The molecule has 2 aromatic carbocycles. The molecule has 0 spiro atoms. The fraction of sp³-hybridized carbons (Fsp3) is 0.118. The highest BCUT2D eigenvalue weighted by atomic mass is 35.5. The lowest BCUT2D eigenvalue weighted by Gasteiger charge is -2.07. The second-order valence-electron chi connectivity index (χ2n) is 4.99. The molecule has 0 radical (unpaired) electrons. The number of anilines is 1. The van der Waals surface area contributed by atoms with E-state index >= 15 is 0 Å². The van der Waals surface area contributed by atoms with E-state index in [1.54, 1.807) is 0 Å². The van der Waals surface area contributed by atoms with E-state index in [4.69, 9.17) is 23.2 Å². The molecule has 0 atom stereocenters. The maximum atomic E-state index is 6.17. The maximum absolute atomic E-state index is 6.17. The molecule has 112 valence electrons. The van der Waals surface area contributed by atoms with Crippen molar-refractivity contribution >= 4 is 29.0 Å². The predicted molar refractivity (Wildman–Crippen MR) is 92.4 cm³/mol. The van der Waals surface area contributed by atoms with E-state index in [1.807, 2.05) is 66.3 Å². The van der Waals surface area contributed by atoms with Crippen LogP contribution in [0.5, 0.6) is 0 Å². The highest BCUT2D eigenvalue weighted by molar-refractivity contribution is 6.31. The lowest BCUT2D eigenvalue weighted by molar-refractivity contribution is 0.772. The molecular weight excluding hydrogens is 317 g/mol. The van der Waals surface area contributed by atoms with Crippen molar-refractivity contribution in [3.8, 4) is 11.3 Å². The van der Waals surface area contributed by atoms with Crippen LogP contribution in [0.25, 0.3) is 11.3 Å². The van der Waals surface area contributed by atoms with Crippen molar-refractivity contribution in [3.05, 3.63) is 70.2 Å². The van der Waals surface area contributed by atoms with Gasteiger partial charge in [0.15, 0.2) is 0 Å². The van der Waals surface area contributed by atoms with Crippen molar-refractivity contribution in [2.75, 3.05) is 5.32 Å². The van der Waals surface area contributed by atoms with Gasteiger partial charge in [0.1, 0.15) is 5.82 Å². The number of benzene rings is 2. The fourth-order valence-electron chi connectivity index (χ4n) is 2.22. The molecule has 0 unspecified atom stereocenters. The van der Waals surface area contributed by atoms with Gasteiger partial charge in [0, 0.05) is 35.3 Å². The summed E-state index contributed by atoms with van der Waals surface area (Å²) in [7, 11) is 1.91. The smallest absolute Gasteiger partial charge is 0.124 e. The molecule has 0 fully saturated rings. The molecular formula is C17H15Cl2N3. The van der Waals surface area contributed by atoms with E-state index in [0.717, 1.165) is 32.7 Å². The van der Waals surface area contributed by atoms with Gasteiger partial charge in [0.2, 0.25) is 0 Å². The van der Waals surface area contributed by atoms with Gasteiger partial charge in [-0.15, -0.1) is 0 Å². The molecule has 0 aliphatic carbocycles. The minimum Gasteiger partial charge on any atom is -0.366 e. The Balaban J connectivity index is 1.78. The Labute approximate surface area is 139 Å². The van der Waals surface area contributed by atoms with E-state index < -0.39 is 0 Å². The minimum absolute atomic E-state index is 0.652. The van der Waals surface area contributed by atoms with Gasteiger partial charge in [0.25, 0.3) is 0 Å². The summed E-state index contributed by atoms with van der Waals surface area (Å²) >= 11 is 12.1. The van der Waals surface area contributed by atoms with Crippen LogP contribution in [0.1, 0.15) is 5.56 Å². The molecule has 1 aromatic heterocycles. The first kappa shape index (κ1) is 14.9. The zero-order valence-corrected chi connectivity index (χ0v) is 13.6. The summed E-state index contributed by atoms with van der Waals surface area (Å²) < 4.78 is 1.82. The monoisotopic (exact) mass is 331 g/mol. The first-order valence-electron chi connectivity index (χ1n) is 6.91. The summed E-state index contributed by atoms with van der Waals surface area (Å²) in [6, 6.07) is 17.5. The van der Waals surface area contributed by atoms with Crippen molar-refractivity contribution in [3.63, 3.8) is 0 Å². The molecule has 22 heavy (non-hydrogen) atoms. The molecule has 0 aliphatic rings. The van der Waals surface area contributed by atoms with Gasteiger partial charge in [-0.1, -0.05) is 53.5 Å². The molecule has 0 bridgehead atoms. The Kier molecular flexibility index (Phi) is 4.36. The van der Waals surface area contributed by atoms with E-state index in [2.05, 4.69) is 10.4 Å². The van der Waals surface area contributed by atoms with Crippen LogP contribution in [-0.4, -0.2) is 9.78 Å². The average Bonchev–Trinajstić information content (AvgIpc) is 2.88. The Morgan fingerprint density at radius 3 is 2.50 bits per heavy atom. The standard InChI is InChI=1S/C17H15Cl2N3/c1-22-17(20-11-13-4-2-3-5-15(13)19)10-16(21-22)12-6-8-14(18)9-7-12/h2-10,20H,11H2,1H3. The van der Waals surface area contributed by atoms with Crippen molar-refractivity contribution < 1.29 is 0 Å². The van der Waals surface area contributed by atoms with Crippen LogP contribution in [0.4, 0.5) is 5.82 Å². The molecule has 1 N–H and O–H groups in total. The second-order valence-corrected chi connectivity index (χ2v) is 5.83. The van der Waals surface area contributed by atoms with Crippen molar-refractivity contribution in [2.24, 2.45) is 7.05 Å². The van der Waals surface area contributed by atoms with Gasteiger partial charge >= 0.3 is 0 Å². The van der Waals surface area contributed by atoms with Crippen LogP contribution < -0.4 is 5.32 Å². The number of hydrogen-bond donors (Lipinski definition) is 1. The largest absolute Gasteiger partial charge is 0.366 e. The summed E-state index contributed by atoms with van der Waals surface area (Å²) in [5.41, 5.74) is 2.99. The molecule has 3 rings (SSSR count). The highest BCUT2D eigenvalue weighted by Gasteiger charge is 2.07. The summed E-state index contributed by atoms with van der Waals surface area (Å²) in [6.07, 6.45) is 0. The number of aryl methyl sites for hydroxylation is 1. The van der Waals surface area contributed by atoms with E-state index in [9.17, 15) is 0 Å². The van der Waals surface area contributed by atoms with Crippen LogP contribution in [-0.2, 0) is 13.6 Å². The number of halogens is 2. The molecule has 3 aromatic rings. The SMILES string of the molecule is Cn1nc(-c2ccc(Cl)cc2)cc1NCc1ccccc1Cl. The minimum atomic E-state index is 0.652. The Bertz CT molecular complexity index is 779. The summed E-state index contributed by atoms with van der Waals surface area (Å²) in [5, 5.41) is 9.36. The second kappa shape index (κ2) is 6.42. The van der Waals surface area contributed by atoms with Crippen molar-refractivity contribution in [1.82, 2.24) is 9.78 Å². The lowest BCUT2D eigenvalue weighted by atomic mass is 10.1. The van der Waals surface area contributed by atoms with Crippen LogP contribution in [0.15, 0.2) is 54.6 Å². The lowest BCUT2D eigenvalue weighted by Crippen LogP contribution is -2.04. The molecule has 0 aliphatic heterocycles. The molecule has 3 nitrogen and oxygen atoms in total. The Morgan fingerprint density at radius 1 is 1.05 bits per heavy atom. The van der Waals surface area contributed by atoms with Crippen molar-refractivity contribution in [2.45, 2.75) is 6.54 Å². The topological polar surface area (TPSA) is 29.9 Å². The third-order valence-corrected chi connectivity index (χ3v) is 4.06. The van der Waals surface area contributed by atoms with Crippen molar-refractivity contribution in [1.29, 1.82) is 0 Å². The summed E-state index contributed by atoms with van der Waals surface area (Å²) in [5.74, 6) is 0.935. The number of nitrogens with one attached hydrogen (secondary N) is 1. The number of hydrogen-bond acceptors (Lipinski definition) is 2. The van der Waals surface area contributed by atoms with Gasteiger partial charge < -0.3 is 5.32 Å². The van der Waals surface area contributed by atoms with Gasteiger partial charge in [-0.05, 0) is 23.8 Å².